The Morgan fingerprint density at radius 3 is 2.81 bits per heavy atom. The first-order chi connectivity index (χ1) is 10.1. The molecular formula is C16H17BrN2O2. The number of pyridine rings is 1. The number of hydrogen-bond acceptors (Lipinski definition) is 3. The van der Waals surface area contributed by atoms with Crippen molar-refractivity contribution in [3.8, 4) is 5.75 Å². The Labute approximate surface area is 132 Å². The molecule has 1 N–H and O–H groups in total. The quantitative estimate of drug-likeness (QED) is 0.832. The Morgan fingerprint density at radius 2 is 2.14 bits per heavy atom. The van der Waals surface area contributed by atoms with Crippen LogP contribution in [0.4, 0.5) is 5.69 Å². The van der Waals surface area contributed by atoms with E-state index in [-0.39, 0.29) is 5.91 Å². The number of halogens is 1. The number of carbonyl (C=O) groups is 1. The zero-order valence-electron chi connectivity index (χ0n) is 12.0. The molecule has 0 aliphatic carbocycles. The topological polar surface area (TPSA) is 51.2 Å². The van der Waals surface area contributed by atoms with E-state index in [1.807, 2.05) is 44.2 Å². The van der Waals surface area contributed by atoms with E-state index in [9.17, 15) is 4.79 Å². The van der Waals surface area contributed by atoms with Crippen LogP contribution < -0.4 is 10.1 Å². The molecule has 0 aliphatic rings. The predicted octanol–water partition coefficient (Wildman–Crippen LogP) is 3.94. The Hall–Kier alpha value is -1.88. The second-order valence-corrected chi connectivity index (χ2v) is 5.07. The zero-order chi connectivity index (χ0) is 15.2. The van der Waals surface area contributed by atoms with E-state index in [1.165, 1.54) is 0 Å². The largest absolute Gasteiger partial charge is 0.494 e. The van der Waals surface area contributed by atoms with Crippen molar-refractivity contribution in [1.82, 2.24) is 4.98 Å². The maximum Gasteiger partial charge on any atom is 0.274 e. The first-order valence-electron chi connectivity index (χ1n) is 6.70. The van der Waals surface area contributed by atoms with Crippen molar-refractivity contribution in [3.63, 3.8) is 0 Å². The molecular weight excluding hydrogens is 332 g/mol. The molecule has 0 fully saturated rings. The molecule has 0 radical (unpaired) electrons. The molecule has 0 saturated carbocycles. The fraction of sp³-hybridized carbons (Fsp3) is 0.250. The summed E-state index contributed by atoms with van der Waals surface area (Å²) in [6, 6.07) is 11.0. The molecule has 110 valence electrons. The molecule has 1 aromatic carbocycles. The predicted molar refractivity (Wildman–Crippen MR) is 87.2 cm³/mol. The Balaban J connectivity index is 2.17. The molecule has 0 bridgehead atoms. The number of carbonyl (C=O) groups excluding carboxylic acids is 1. The lowest BCUT2D eigenvalue weighted by atomic mass is 10.2. The SMILES string of the molecule is CCOc1ccc(NC(=O)c2cccc(C)n2)cc1CBr. The Bertz CT molecular complexity index is 644. The summed E-state index contributed by atoms with van der Waals surface area (Å²) in [7, 11) is 0. The second-order valence-electron chi connectivity index (χ2n) is 4.51. The van der Waals surface area contributed by atoms with Gasteiger partial charge in [0, 0.05) is 22.3 Å². The highest BCUT2D eigenvalue weighted by atomic mass is 79.9. The van der Waals surface area contributed by atoms with Crippen LogP contribution in [-0.4, -0.2) is 17.5 Å². The molecule has 21 heavy (non-hydrogen) atoms. The second kappa shape index (κ2) is 7.22. The molecule has 1 aromatic heterocycles. The minimum absolute atomic E-state index is 0.219. The van der Waals surface area contributed by atoms with E-state index in [0.29, 0.717) is 17.6 Å². The third kappa shape index (κ3) is 4.04. The van der Waals surface area contributed by atoms with Crippen LogP contribution in [-0.2, 0) is 5.33 Å². The summed E-state index contributed by atoms with van der Waals surface area (Å²) in [6.07, 6.45) is 0. The van der Waals surface area contributed by atoms with Gasteiger partial charge in [-0.25, -0.2) is 4.98 Å². The van der Waals surface area contributed by atoms with Crippen LogP contribution in [0.1, 0.15) is 28.7 Å². The number of hydrogen-bond donors (Lipinski definition) is 1. The molecule has 1 amide bonds. The van der Waals surface area contributed by atoms with Crippen LogP contribution in [0.3, 0.4) is 0 Å². The Morgan fingerprint density at radius 1 is 1.33 bits per heavy atom. The molecule has 0 spiro atoms. The Kier molecular flexibility index (Phi) is 5.33. The molecule has 1 heterocycles. The zero-order valence-corrected chi connectivity index (χ0v) is 13.6. The molecule has 5 heteroatoms. The molecule has 0 atom stereocenters. The molecule has 0 aliphatic heterocycles. The normalized spacial score (nSPS) is 10.2. The first-order valence-corrected chi connectivity index (χ1v) is 7.83. The standard InChI is InChI=1S/C16H17BrN2O2/c1-3-21-15-8-7-13(9-12(15)10-17)19-16(20)14-6-4-5-11(2)18-14/h4-9H,3,10H2,1-2H3,(H,19,20). The van der Waals surface area contributed by atoms with Gasteiger partial charge in [0.15, 0.2) is 0 Å². The number of nitrogens with one attached hydrogen (secondary N) is 1. The molecule has 4 nitrogen and oxygen atoms in total. The van der Waals surface area contributed by atoms with E-state index >= 15 is 0 Å². The highest BCUT2D eigenvalue weighted by Gasteiger charge is 2.10. The van der Waals surface area contributed by atoms with E-state index in [4.69, 9.17) is 4.74 Å². The highest BCUT2D eigenvalue weighted by Crippen LogP contribution is 2.25. The van der Waals surface area contributed by atoms with Crippen molar-refractivity contribution in [2.75, 3.05) is 11.9 Å². The number of rotatable bonds is 5. The van der Waals surface area contributed by atoms with Gasteiger partial charge in [-0.05, 0) is 44.2 Å². The van der Waals surface area contributed by atoms with Crippen LogP contribution in [0, 0.1) is 6.92 Å². The van der Waals surface area contributed by atoms with Gasteiger partial charge in [0.05, 0.1) is 6.61 Å². The third-order valence-electron chi connectivity index (χ3n) is 2.88. The number of aromatic nitrogens is 1. The van der Waals surface area contributed by atoms with Gasteiger partial charge in [0.1, 0.15) is 11.4 Å². The van der Waals surface area contributed by atoms with Crippen LogP contribution in [0.15, 0.2) is 36.4 Å². The van der Waals surface area contributed by atoms with Gasteiger partial charge < -0.3 is 10.1 Å². The smallest absolute Gasteiger partial charge is 0.274 e. The maximum absolute atomic E-state index is 12.2. The molecule has 2 rings (SSSR count). The summed E-state index contributed by atoms with van der Waals surface area (Å²) in [4.78, 5) is 16.4. The number of anilines is 1. The molecule has 0 unspecified atom stereocenters. The first kappa shape index (κ1) is 15.5. The summed E-state index contributed by atoms with van der Waals surface area (Å²) in [5.74, 6) is 0.601. The summed E-state index contributed by atoms with van der Waals surface area (Å²) in [5.41, 5.74) is 2.94. The summed E-state index contributed by atoms with van der Waals surface area (Å²) >= 11 is 3.43. The number of ether oxygens (including phenoxy) is 1. The minimum Gasteiger partial charge on any atom is -0.494 e. The summed E-state index contributed by atoms with van der Waals surface area (Å²) in [5, 5.41) is 3.51. The van der Waals surface area contributed by atoms with E-state index < -0.39 is 0 Å². The van der Waals surface area contributed by atoms with Gasteiger partial charge >= 0.3 is 0 Å². The fourth-order valence-electron chi connectivity index (χ4n) is 1.92. The van der Waals surface area contributed by atoms with E-state index in [1.54, 1.807) is 6.07 Å². The molecule has 0 saturated heterocycles. The van der Waals surface area contributed by atoms with Crippen molar-refractivity contribution in [1.29, 1.82) is 0 Å². The van der Waals surface area contributed by atoms with Gasteiger partial charge in [0.25, 0.3) is 5.91 Å². The van der Waals surface area contributed by atoms with Crippen molar-refractivity contribution < 1.29 is 9.53 Å². The lowest BCUT2D eigenvalue weighted by Gasteiger charge is -2.11. The van der Waals surface area contributed by atoms with Crippen molar-refractivity contribution in [2.24, 2.45) is 0 Å². The van der Waals surface area contributed by atoms with Gasteiger partial charge in [-0.1, -0.05) is 22.0 Å². The van der Waals surface area contributed by atoms with Crippen LogP contribution >= 0.6 is 15.9 Å². The van der Waals surface area contributed by atoms with Gasteiger partial charge in [0.2, 0.25) is 0 Å². The summed E-state index contributed by atoms with van der Waals surface area (Å²) < 4.78 is 5.53. The van der Waals surface area contributed by atoms with Crippen LogP contribution in [0.25, 0.3) is 0 Å². The monoisotopic (exact) mass is 348 g/mol. The average molecular weight is 349 g/mol. The van der Waals surface area contributed by atoms with Crippen molar-refractivity contribution in [2.45, 2.75) is 19.2 Å². The maximum atomic E-state index is 12.2. The fourth-order valence-corrected chi connectivity index (χ4v) is 2.36. The summed E-state index contributed by atoms with van der Waals surface area (Å²) in [6.45, 7) is 4.41. The van der Waals surface area contributed by atoms with Crippen LogP contribution in [0.5, 0.6) is 5.75 Å². The minimum atomic E-state index is -0.219. The lowest BCUT2D eigenvalue weighted by Crippen LogP contribution is -2.14. The number of aryl methyl sites for hydroxylation is 1. The van der Waals surface area contributed by atoms with E-state index in [2.05, 4.69) is 26.2 Å². The van der Waals surface area contributed by atoms with Crippen molar-refractivity contribution in [3.05, 3.63) is 53.3 Å². The number of benzene rings is 1. The number of alkyl halides is 1. The van der Waals surface area contributed by atoms with Gasteiger partial charge in [-0.3, -0.25) is 4.79 Å². The number of amides is 1. The lowest BCUT2D eigenvalue weighted by molar-refractivity contribution is 0.102. The van der Waals surface area contributed by atoms with Gasteiger partial charge in [-0.15, -0.1) is 0 Å². The van der Waals surface area contributed by atoms with Gasteiger partial charge in [-0.2, -0.15) is 0 Å². The van der Waals surface area contributed by atoms with E-state index in [0.717, 1.165) is 22.7 Å². The number of nitrogens with zero attached hydrogens (tertiary/aromatic N) is 1. The van der Waals surface area contributed by atoms with Crippen molar-refractivity contribution >= 4 is 27.5 Å². The molecule has 2 aromatic rings. The van der Waals surface area contributed by atoms with Crippen LogP contribution in [0.2, 0.25) is 0 Å². The third-order valence-corrected chi connectivity index (χ3v) is 3.49. The highest BCUT2D eigenvalue weighted by molar-refractivity contribution is 9.08. The average Bonchev–Trinajstić information content (AvgIpc) is 2.49.